The molecule has 1 aromatic carbocycles. The number of anilines is 1. The van der Waals surface area contributed by atoms with Crippen molar-refractivity contribution in [3.05, 3.63) is 35.4 Å². The van der Waals surface area contributed by atoms with Gasteiger partial charge in [-0.15, -0.1) is 4.98 Å². The highest BCUT2D eigenvalue weighted by atomic mass is 19.1. The van der Waals surface area contributed by atoms with Crippen LogP contribution in [-0.2, 0) is 0 Å². The first-order valence-electron chi connectivity index (χ1n) is 5.58. The highest BCUT2D eigenvalue weighted by molar-refractivity contribution is 5.50. The van der Waals surface area contributed by atoms with E-state index in [1.807, 2.05) is 0 Å². The second-order valence-corrected chi connectivity index (χ2v) is 3.77. The number of para-hydroxylation sites is 1. The molecule has 20 heavy (non-hydrogen) atoms. The smallest absolute Gasteiger partial charge is 0.322 e. The Morgan fingerprint density at radius 3 is 2.25 bits per heavy atom. The lowest BCUT2D eigenvalue weighted by Gasteiger charge is -2.11. The fourth-order valence-corrected chi connectivity index (χ4v) is 1.56. The highest BCUT2D eigenvalue weighted by Gasteiger charge is 2.22. The second-order valence-electron chi connectivity index (χ2n) is 3.77. The lowest BCUT2D eigenvalue weighted by Crippen LogP contribution is -2.09. The molecule has 6 nitrogen and oxygen atoms in total. The Hall–Kier alpha value is -2.51. The fourth-order valence-electron chi connectivity index (χ4n) is 1.56. The third kappa shape index (κ3) is 2.58. The largest absolute Gasteiger partial charge is 0.467 e. The number of nitrogens with two attached hydrogens (primary N) is 1. The van der Waals surface area contributed by atoms with Crippen LogP contribution in [0.15, 0.2) is 18.2 Å². The number of alkyl halides is 1. The normalized spacial score (nSPS) is 12.0. The molecule has 2 N–H and O–H groups in total. The van der Waals surface area contributed by atoms with Crippen LogP contribution in [0.1, 0.15) is 17.6 Å². The van der Waals surface area contributed by atoms with Gasteiger partial charge in [-0.1, -0.05) is 12.1 Å². The van der Waals surface area contributed by atoms with Gasteiger partial charge in [0.2, 0.25) is 0 Å². The van der Waals surface area contributed by atoms with E-state index in [4.69, 9.17) is 15.2 Å². The van der Waals surface area contributed by atoms with Crippen molar-refractivity contribution in [1.29, 1.82) is 0 Å². The molecule has 0 amide bonds. The van der Waals surface area contributed by atoms with Gasteiger partial charge in [0.05, 0.1) is 19.9 Å². The van der Waals surface area contributed by atoms with Crippen LogP contribution in [0.3, 0.4) is 0 Å². The number of methoxy groups -OCH3 is 2. The molecule has 8 heteroatoms. The summed E-state index contributed by atoms with van der Waals surface area (Å²) in [6, 6.07) is 3.63. The fraction of sp³-hybridized carbons (Fsp3) is 0.250. The molecule has 0 aliphatic carbocycles. The van der Waals surface area contributed by atoms with Gasteiger partial charge in [0, 0.05) is 5.56 Å². The molecule has 1 unspecified atom stereocenters. The topological polar surface area (TPSA) is 83.2 Å². The van der Waals surface area contributed by atoms with Crippen LogP contribution >= 0.6 is 0 Å². The number of hydrogen-bond acceptors (Lipinski definition) is 6. The van der Waals surface area contributed by atoms with Gasteiger partial charge in [-0.25, -0.2) is 8.78 Å². The Labute approximate surface area is 113 Å². The number of ether oxygens (including phenoxy) is 2. The first-order chi connectivity index (χ1) is 9.56. The first-order valence-corrected chi connectivity index (χ1v) is 5.58. The Morgan fingerprint density at radius 2 is 1.70 bits per heavy atom. The quantitative estimate of drug-likeness (QED) is 0.859. The van der Waals surface area contributed by atoms with Crippen molar-refractivity contribution in [2.24, 2.45) is 0 Å². The van der Waals surface area contributed by atoms with E-state index in [2.05, 4.69) is 15.0 Å². The van der Waals surface area contributed by atoms with Gasteiger partial charge >= 0.3 is 12.0 Å². The van der Waals surface area contributed by atoms with Crippen LogP contribution in [-0.4, -0.2) is 29.2 Å². The summed E-state index contributed by atoms with van der Waals surface area (Å²) in [5.41, 5.74) is 5.15. The molecule has 0 aliphatic heterocycles. The molecule has 0 radical (unpaired) electrons. The molecule has 0 saturated heterocycles. The summed E-state index contributed by atoms with van der Waals surface area (Å²) in [5, 5.41) is 0. The van der Waals surface area contributed by atoms with Gasteiger partial charge in [0.15, 0.2) is 12.0 Å². The maximum Gasteiger partial charge on any atom is 0.322 e. The van der Waals surface area contributed by atoms with E-state index < -0.39 is 12.0 Å². The molecule has 0 saturated carbocycles. The van der Waals surface area contributed by atoms with Gasteiger partial charge in [-0.05, 0) is 6.07 Å². The van der Waals surface area contributed by atoms with E-state index in [1.54, 1.807) is 0 Å². The van der Waals surface area contributed by atoms with Crippen molar-refractivity contribution in [2.45, 2.75) is 6.17 Å². The van der Waals surface area contributed by atoms with Crippen molar-refractivity contribution in [3.8, 4) is 12.0 Å². The Kier molecular flexibility index (Phi) is 3.92. The maximum atomic E-state index is 14.4. The van der Waals surface area contributed by atoms with Crippen LogP contribution in [0, 0.1) is 5.82 Å². The molecule has 2 aromatic rings. The molecular weight excluding hydrogens is 270 g/mol. The molecule has 0 aliphatic rings. The average Bonchev–Trinajstić information content (AvgIpc) is 2.48. The van der Waals surface area contributed by atoms with Gasteiger partial charge in [0.25, 0.3) is 0 Å². The summed E-state index contributed by atoms with van der Waals surface area (Å²) < 4.78 is 37.4. The molecule has 1 atom stereocenters. The third-order valence-corrected chi connectivity index (χ3v) is 2.56. The standard InChI is InChI=1S/C12H12F2N4O2/c1-19-11-16-10(17-12(18-11)20-2)8(14)6-4-3-5-7(13)9(6)15/h3-5,8H,15H2,1-2H3. The van der Waals surface area contributed by atoms with E-state index in [0.29, 0.717) is 0 Å². The van der Waals surface area contributed by atoms with Crippen LogP contribution < -0.4 is 15.2 Å². The lowest BCUT2D eigenvalue weighted by atomic mass is 10.1. The monoisotopic (exact) mass is 282 g/mol. The Morgan fingerprint density at radius 1 is 1.10 bits per heavy atom. The van der Waals surface area contributed by atoms with Crippen LogP contribution in [0.5, 0.6) is 12.0 Å². The van der Waals surface area contributed by atoms with Crippen molar-refractivity contribution in [1.82, 2.24) is 15.0 Å². The number of aromatic nitrogens is 3. The third-order valence-electron chi connectivity index (χ3n) is 2.56. The summed E-state index contributed by atoms with van der Waals surface area (Å²) in [7, 11) is 2.64. The van der Waals surface area contributed by atoms with E-state index >= 15 is 0 Å². The molecule has 2 rings (SSSR count). The molecule has 1 aromatic heterocycles. The predicted octanol–water partition coefficient (Wildman–Crippen LogP) is 1.67. The summed E-state index contributed by atoms with van der Waals surface area (Å²) in [6.45, 7) is 0. The zero-order valence-corrected chi connectivity index (χ0v) is 10.8. The molecule has 1 heterocycles. The minimum absolute atomic E-state index is 0.0692. The van der Waals surface area contributed by atoms with Gasteiger partial charge in [-0.3, -0.25) is 0 Å². The van der Waals surface area contributed by atoms with Crippen LogP contribution in [0.25, 0.3) is 0 Å². The number of nitrogens with zero attached hydrogens (tertiary/aromatic N) is 3. The van der Waals surface area contributed by atoms with Gasteiger partial charge in [0.1, 0.15) is 5.82 Å². The summed E-state index contributed by atoms with van der Waals surface area (Å²) in [4.78, 5) is 11.3. The zero-order valence-electron chi connectivity index (χ0n) is 10.8. The van der Waals surface area contributed by atoms with E-state index in [-0.39, 0.29) is 29.1 Å². The highest BCUT2D eigenvalue weighted by Crippen LogP contribution is 2.30. The average molecular weight is 282 g/mol. The number of nitrogen functional groups attached to an aromatic ring is 1. The number of benzene rings is 1. The summed E-state index contributed by atoms with van der Waals surface area (Å²) >= 11 is 0. The summed E-state index contributed by atoms with van der Waals surface area (Å²) in [6.07, 6.45) is -1.82. The van der Waals surface area contributed by atoms with Crippen molar-refractivity contribution in [2.75, 3.05) is 20.0 Å². The van der Waals surface area contributed by atoms with Crippen molar-refractivity contribution in [3.63, 3.8) is 0 Å². The molecule has 0 bridgehead atoms. The maximum absolute atomic E-state index is 14.4. The molecule has 0 fully saturated rings. The van der Waals surface area contributed by atoms with E-state index in [1.165, 1.54) is 26.4 Å². The van der Waals surface area contributed by atoms with Gasteiger partial charge < -0.3 is 15.2 Å². The van der Waals surface area contributed by atoms with Gasteiger partial charge in [-0.2, -0.15) is 9.97 Å². The predicted molar refractivity (Wildman–Crippen MR) is 66.7 cm³/mol. The first kappa shape index (κ1) is 13.9. The molecular formula is C12H12F2N4O2. The van der Waals surface area contributed by atoms with Crippen molar-refractivity contribution >= 4 is 5.69 Å². The lowest BCUT2D eigenvalue weighted by molar-refractivity contribution is 0.318. The Balaban J connectivity index is 2.47. The van der Waals surface area contributed by atoms with E-state index in [0.717, 1.165) is 6.07 Å². The number of halogens is 2. The minimum Gasteiger partial charge on any atom is -0.467 e. The van der Waals surface area contributed by atoms with Crippen LogP contribution in [0.2, 0.25) is 0 Å². The number of hydrogen-bond donors (Lipinski definition) is 1. The number of rotatable bonds is 4. The molecule has 106 valence electrons. The minimum atomic E-state index is -1.82. The zero-order chi connectivity index (χ0) is 14.7. The Bertz CT molecular complexity index is 602. The van der Waals surface area contributed by atoms with Crippen LogP contribution in [0.4, 0.5) is 14.5 Å². The second kappa shape index (κ2) is 5.64. The summed E-state index contributed by atoms with van der Waals surface area (Å²) in [5.74, 6) is -0.982. The van der Waals surface area contributed by atoms with Crippen molar-refractivity contribution < 1.29 is 18.3 Å². The SMILES string of the molecule is COc1nc(OC)nc(C(F)c2cccc(F)c2N)n1. The van der Waals surface area contributed by atoms with E-state index in [9.17, 15) is 8.78 Å². The molecule has 0 spiro atoms.